The molecule has 8 nitrogen and oxygen atoms in total. The number of ether oxygens (including phenoxy) is 2. The average molecular weight is 395 g/mol. The summed E-state index contributed by atoms with van der Waals surface area (Å²) in [4.78, 5) is 4.44. The Labute approximate surface area is 165 Å². The molecule has 0 fully saturated rings. The molecule has 2 aromatic carbocycles. The number of hydrogen-bond donors (Lipinski definition) is 0. The lowest BCUT2D eigenvalue weighted by atomic mass is 10.2. The molecule has 29 heavy (non-hydrogen) atoms. The number of aromatic nitrogens is 5. The first-order valence-corrected chi connectivity index (χ1v) is 8.79. The van der Waals surface area contributed by atoms with Crippen molar-refractivity contribution >= 4 is 0 Å². The summed E-state index contributed by atoms with van der Waals surface area (Å²) < 4.78 is 30.8. The normalized spacial score (nSPS) is 10.9. The summed E-state index contributed by atoms with van der Waals surface area (Å²) in [5.74, 6) is 1.58. The van der Waals surface area contributed by atoms with Gasteiger partial charge in [0.15, 0.2) is 5.69 Å². The molecule has 0 atom stereocenters. The average Bonchev–Trinajstić information content (AvgIpc) is 3.36. The maximum Gasteiger partial charge on any atom is 0.258 e. The van der Waals surface area contributed by atoms with Gasteiger partial charge in [-0.1, -0.05) is 22.5 Å². The lowest BCUT2D eigenvalue weighted by Crippen LogP contribution is -2.04. The van der Waals surface area contributed by atoms with Gasteiger partial charge in [0, 0.05) is 11.6 Å². The molecule has 2 aromatic heterocycles. The quantitative estimate of drug-likeness (QED) is 0.494. The fourth-order valence-electron chi connectivity index (χ4n) is 2.85. The molecular formula is C20H18FN5O3. The summed E-state index contributed by atoms with van der Waals surface area (Å²) in [6, 6.07) is 11.5. The number of nitrogens with zero attached hydrogens (tertiary/aromatic N) is 5. The molecule has 0 aliphatic rings. The summed E-state index contributed by atoms with van der Waals surface area (Å²) >= 11 is 0. The van der Waals surface area contributed by atoms with Gasteiger partial charge >= 0.3 is 0 Å². The molecule has 0 unspecified atom stereocenters. The minimum Gasteiger partial charge on any atom is -0.497 e. The Morgan fingerprint density at radius 2 is 1.72 bits per heavy atom. The van der Waals surface area contributed by atoms with Gasteiger partial charge in [-0.25, -0.2) is 9.07 Å². The van der Waals surface area contributed by atoms with E-state index in [2.05, 4.69) is 20.5 Å². The van der Waals surface area contributed by atoms with Gasteiger partial charge in [-0.05, 0) is 36.8 Å². The second-order valence-electron chi connectivity index (χ2n) is 6.33. The topological polar surface area (TPSA) is 88.1 Å². The molecule has 0 aliphatic heterocycles. The summed E-state index contributed by atoms with van der Waals surface area (Å²) in [6.45, 7) is 2.32. The van der Waals surface area contributed by atoms with Gasteiger partial charge in [-0.15, -0.1) is 5.10 Å². The largest absolute Gasteiger partial charge is 0.497 e. The first-order valence-electron chi connectivity index (χ1n) is 8.79. The van der Waals surface area contributed by atoms with E-state index in [-0.39, 0.29) is 5.82 Å². The molecule has 0 saturated heterocycles. The minimum atomic E-state index is -0.279. The van der Waals surface area contributed by atoms with Crippen LogP contribution in [0.5, 0.6) is 11.5 Å². The van der Waals surface area contributed by atoms with E-state index < -0.39 is 0 Å². The van der Waals surface area contributed by atoms with Crippen molar-refractivity contribution in [2.24, 2.45) is 0 Å². The van der Waals surface area contributed by atoms with Crippen LogP contribution in [0, 0.1) is 12.7 Å². The number of halogens is 1. The highest BCUT2D eigenvalue weighted by Crippen LogP contribution is 2.30. The summed E-state index contributed by atoms with van der Waals surface area (Å²) in [5.41, 5.74) is 2.85. The number of benzene rings is 2. The van der Waals surface area contributed by atoms with Crippen LogP contribution in [0.25, 0.3) is 23.0 Å². The first-order chi connectivity index (χ1) is 14.1. The summed E-state index contributed by atoms with van der Waals surface area (Å²) in [7, 11) is 3.14. The molecule has 0 saturated carbocycles. The Morgan fingerprint density at radius 3 is 2.38 bits per heavy atom. The van der Waals surface area contributed by atoms with Crippen LogP contribution in [0.3, 0.4) is 0 Å². The molecule has 0 spiro atoms. The number of methoxy groups -OCH3 is 2. The molecule has 2 heterocycles. The molecule has 4 aromatic rings. The lowest BCUT2D eigenvalue weighted by molar-refractivity contribution is 0.393. The lowest BCUT2D eigenvalue weighted by Gasteiger charge is -2.05. The molecule has 0 N–H and O–H groups in total. The summed E-state index contributed by atoms with van der Waals surface area (Å²) in [6.07, 6.45) is 0. The highest BCUT2D eigenvalue weighted by atomic mass is 19.1. The van der Waals surface area contributed by atoms with Gasteiger partial charge in [-0.2, -0.15) is 4.98 Å². The smallest absolute Gasteiger partial charge is 0.258 e. The van der Waals surface area contributed by atoms with Crippen LogP contribution in [-0.2, 0) is 6.54 Å². The Bertz CT molecular complexity index is 1120. The number of hydrogen-bond acceptors (Lipinski definition) is 7. The third kappa shape index (κ3) is 3.79. The van der Waals surface area contributed by atoms with Crippen molar-refractivity contribution in [3.8, 4) is 34.5 Å². The van der Waals surface area contributed by atoms with Gasteiger partial charge in [0.25, 0.3) is 5.89 Å². The van der Waals surface area contributed by atoms with Crippen LogP contribution < -0.4 is 9.47 Å². The second-order valence-corrected chi connectivity index (χ2v) is 6.33. The first kappa shape index (κ1) is 18.6. The highest BCUT2D eigenvalue weighted by molar-refractivity contribution is 5.62. The van der Waals surface area contributed by atoms with Crippen molar-refractivity contribution in [1.82, 2.24) is 25.1 Å². The van der Waals surface area contributed by atoms with E-state index in [0.717, 1.165) is 11.3 Å². The van der Waals surface area contributed by atoms with Crippen molar-refractivity contribution in [3.63, 3.8) is 0 Å². The standard InChI is InChI=1S/C20H18FN5O3/c1-12-18(23-25-26(12)11-13-4-6-15(21)7-5-13)19-22-20(29-24-19)14-8-16(27-2)10-17(9-14)28-3/h4-10H,11H2,1-3H3. The zero-order valence-corrected chi connectivity index (χ0v) is 16.1. The molecular weight excluding hydrogens is 377 g/mol. The molecule has 0 bridgehead atoms. The van der Waals surface area contributed by atoms with E-state index in [9.17, 15) is 4.39 Å². The van der Waals surface area contributed by atoms with Crippen molar-refractivity contribution in [2.45, 2.75) is 13.5 Å². The van der Waals surface area contributed by atoms with Gasteiger partial charge < -0.3 is 14.0 Å². The predicted octanol–water partition coefficient (Wildman–Crippen LogP) is 3.51. The van der Waals surface area contributed by atoms with Crippen LogP contribution in [0.1, 0.15) is 11.3 Å². The van der Waals surface area contributed by atoms with E-state index in [4.69, 9.17) is 14.0 Å². The highest BCUT2D eigenvalue weighted by Gasteiger charge is 2.19. The van der Waals surface area contributed by atoms with Crippen LogP contribution in [-0.4, -0.2) is 39.4 Å². The second kappa shape index (κ2) is 7.70. The monoisotopic (exact) mass is 395 g/mol. The van der Waals surface area contributed by atoms with Gasteiger partial charge in [-0.3, -0.25) is 0 Å². The Balaban J connectivity index is 1.62. The minimum absolute atomic E-state index is 0.279. The fraction of sp³-hybridized carbons (Fsp3) is 0.200. The van der Waals surface area contributed by atoms with Gasteiger partial charge in [0.1, 0.15) is 17.3 Å². The van der Waals surface area contributed by atoms with Crippen molar-refractivity contribution < 1.29 is 18.4 Å². The maximum absolute atomic E-state index is 13.1. The van der Waals surface area contributed by atoms with Crippen molar-refractivity contribution in [3.05, 3.63) is 59.5 Å². The van der Waals surface area contributed by atoms with Crippen molar-refractivity contribution in [2.75, 3.05) is 14.2 Å². The van der Waals surface area contributed by atoms with Crippen LogP contribution in [0.4, 0.5) is 4.39 Å². The summed E-state index contributed by atoms with van der Waals surface area (Å²) in [5, 5.41) is 12.4. The van der Waals surface area contributed by atoms with Crippen LogP contribution in [0.15, 0.2) is 47.0 Å². The van der Waals surface area contributed by atoms with Gasteiger partial charge in [0.05, 0.1) is 26.5 Å². The Kier molecular flexibility index (Phi) is 4.94. The van der Waals surface area contributed by atoms with Crippen molar-refractivity contribution in [1.29, 1.82) is 0 Å². The Morgan fingerprint density at radius 1 is 1.03 bits per heavy atom. The fourth-order valence-corrected chi connectivity index (χ4v) is 2.85. The zero-order valence-electron chi connectivity index (χ0n) is 16.1. The molecule has 0 aliphatic carbocycles. The predicted molar refractivity (Wildman–Crippen MR) is 102 cm³/mol. The third-order valence-corrected chi connectivity index (χ3v) is 4.46. The van der Waals surface area contributed by atoms with E-state index >= 15 is 0 Å². The Hall–Kier alpha value is -3.75. The van der Waals surface area contributed by atoms with Crippen LogP contribution in [0.2, 0.25) is 0 Å². The molecule has 0 amide bonds. The third-order valence-electron chi connectivity index (χ3n) is 4.46. The van der Waals surface area contributed by atoms with E-state index in [0.29, 0.717) is 41.0 Å². The maximum atomic E-state index is 13.1. The SMILES string of the molecule is COc1cc(OC)cc(-c2nc(-c3nnn(Cc4ccc(F)cc4)c3C)no2)c1. The zero-order chi connectivity index (χ0) is 20.4. The molecule has 4 rings (SSSR count). The van der Waals surface area contributed by atoms with E-state index in [1.54, 1.807) is 49.2 Å². The molecule has 9 heteroatoms. The molecule has 148 valence electrons. The van der Waals surface area contributed by atoms with E-state index in [1.165, 1.54) is 12.1 Å². The van der Waals surface area contributed by atoms with Crippen LogP contribution >= 0.6 is 0 Å². The van der Waals surface area contributed by atoms with E-state index in [1.807, 2.05) is 6.92 Å². The van der Waals surface area contributed by atoms with Gasteiger partial charge in [0.2, 0.25) is 5.82 Å². The number of rotatable bonds is 6. The molecule has 0 radical (unpaired) electrons.